The third-order valence-corrected chi connectivity index (χ3v) is 2.57. The van der Waals surface area contributed by atoms with E-state index in [9.17, 15) is 4.79 Å². The summed E-state index contributed by atoms with van der Waals surface area (Å²) >= 11 is 0. The van der Waals surface area contributed by atoms with Gasteiger partial charge in [0, 0.05) is 23.5 Å². The fourth-order valence-electron chi connectivity index (χ4n) is 1.73. The third kappa shape index (κ3) is 2.01. The molecule has 0 saturated carbocycles. The van der Waals surface area contributed by atoms with Gasteiger partial charge in [-0.3, -0.25) is 9.78 Å². The fraction of sp³-hybridized carbons (Fsp3) is 0.143. The van der Waals surface area contributed by atoms with Crippen LogP contribution in [0.25, 0.3) is 0 Å². The highest BCUT2D eigenvalue weighted by molar-refractivity contribution is 6.09. The van der Waals surface area contributed by atoms with Gasteiger partial charge in [0.15, 0.2) is 5.78 Å². The molecule has 0 amide bonds. The maximum atomic E-state index is 12.2. The van der Waals surface area contributed by atoms with Crippen LogP contribution in [0.3, 0.4) is 0 Å². The van der Waals surface area contributed by atoms with Gasteiger partial charge < -0.3 is 0 Å². The van der Waals surface area contributed by atoms with Crippen LogP contribution in [0.5, 0.6) is 0 Å². The van der Waals surface area contributed by atoms with E-state index in [1.807, 2.05) is 32.0 Å². The zero-order chi connectivity index (χ0) is 11.5. The summed E-state index contributed by atoms with van der Waals surface area (Å²) in [7, 11) is 0. The molecule has 0 bridgehead atoms. The van der Waals surface area contributed by atoms with E-state index in [2.05, 4.69) is 4.98 Å². The predicted molar refractivity (Wildman–Crippen MR) is 63.6 cm³/mol. The molecule has 0 N–H and O–H groups in total. The highest BCUT2D eigenvalue weighted by Crippen LogP contribution is 2.15. The van der Waals surface area contributed by atoms with Gasteiger partial charge in [-0.2, -0.15) is 0 Å². The molecule has 2 rings (SSSR count). The fourth-order valence-corrected chi connectivity index (χ4v) is 1.73. The van der Waals surface area contributed by atoms with Gasteiger partial charge in [0.2, 0.25) is 0 Å². The van der Waals surface area contributed by atoms with E-state index >= 15 is 0 Å². The molecule has 0 aliphatic carbocycles. The summed E-state index contributed by atoms with van der Waals surface area (Å²) in [6.07, 6.45) is 3.27. The van der Waals surface area contributed by atoms with E-state index in [1.54, 1.807) is 24.5 Å². The Morgan fingerprint density at radius 1 is 1.06 bits per heavy atom. The Morgan fingerprint density at radius 2 is 1.75 bits per heavy atom. The van der Waals surface area contributed by atoms with Crippen molar-refractivity contribution < 1.29 is 4.79 Å². The Labute approximate surface area is 95.0 Å². The average molecular weight is 211 g/mol. The summed E-state index contributed by atoms with van der Waals surface area (Å²) in [6, 6.07) is 9.34. The maximum Gasteiger partial charge on any atom is 0.193 e. The second-order valence-electron chi connectivity index (χ2n) is 3.88. The van der Waals surface area contributed by atoms with Gasteiger partial charge in [-0.15, -0.1) is 0 Å². The van der Waals surface area contributed by atoms with Crippen molar-refractivity contribution in [2.24, 2.45) is 0 Å². The quantitative estimate of drug-likeness (QED) is 0.715. The lowest BCUT2D eigenvalue weighted by molar-refractivity contribution is 0.103. The zero-order valence-electron chi connectivity index (χ0n) is 9.40. The Kier molecular flexibility index (Phi) is 2.82. The van der Waals surface area contributed by atoms with Crippen LogP contribution in [0, 0.1) is 13.8 Å². The maximum absolute atomic E-state index is 12.2. The minimum atomic E-state index is 0.0555. The number of benzene rings is 1. The number of aromatic nitrogens is 1. The molecule has 2 nitrogen and oxygen atoms in total. The molecule has 0 aliphatic heterocycles. The molecule has 1 aromatic heterocycles. The first-order valence-corrected chi connectivity index (χ1v) is 5.20. The molecule has 0 spiro atoms. The van der Waals surface area contributed by atoms with E-state index in [1.165, 1.54) is 5.56 Å². The third-order valence-electron chi connectivity index (χ3n) is 2.57. The Balaban J connectivity index is 2.42. The van der Waals surface area contributed by atoms with E-state index in [0.29, 0.717) is 5.56 Å². The van der Waals surface area contributed by atoms with Gasteiger partial charge in [0.1, 0.15) is 0 Å². The van der Waals surface area contributed by atoms with Crippen LogP contribution in [0.1, 0.15) is 27.0 Å². The minimum absolute atomic E-state index is 0.0555. The van der Waals surface area contributed by atoms with Gasteiger partial charge in [-0.05, 0) is 31.5 Å². The first kappa shape index (κ1) is 10.6. The summed E-state index contributed by atoms with van der Waals surface area (Å²) in [5.41, 5.74) is 3.63. The SMILES string of the molecule is Cc1ccc(C(=O)c2ccncc2)c(C)c1. The summed E-state index contributed by atoms with van der Waals surface area (Å²) in [6.45, 7) is 3.98. The standard InChI is InChI=1S/C14H13NO/c1-10-3-4-13(11(2)9-10)14(16)12-5-7-15-8-6-12/h3-9H,1-2H3. The Hall–Kier alpha value is -1.96. The summed E-state index contributed by atoms with van der Waals surface area (Å²) in [5, 5.41) is 0. The second kappa shape index (κ2) is 4.27. The number of nitrogens with zero attached hydrogens (tertiary/aromatic N) is 1. The molecule has 0 radical (unpaired) electrons. The van der Waals surface area contributed by atoms with Gasteiger partial charge >= 0.3 is 0 Å². The number of hydrogen-bond acceptors (Lipinski definition) is 2. The molecular formula is C14H13NO. The molecule has 2 aromatic rings. The number of rotatable bonds is 2. The number of pyridine rings is 1. The van der Waals surface area contributed by atoms with Crippen molar-refractivity contribution in [3.63, 3.8) is 0 Å². The number of carbonyl (C=O) groups is 1. The molecule has 0 atom stereocenters. The molecule has 0 unspecified atom stereocenters. The van der Waals surface area contributed by atoms with Crippen molar-refractivity contribution in [3.8, 4) is 0 Å². The molecule has 1 aromatic carbocycles. The number of hydrogen-bond donors (Lipinski definition) is 0. The van der Waals surface area contributed by atoms with Crippen molar-refractivity contribution in [1.82, 2.24) is 4.98 Å². The van der Waals surface area contributed by atoms with Gasteiger partial charge in [-0.1, -0.05) is 23.8 Å². The van der Waals surface area contributed by atoms with Crippen LogP contribution in [-0.2, 0) is 0 Å². The molecule has 0 saturated heterocycles. The minimum Gasteiger partial charge on any atom is -0.289 e. The van der Waals surface area contributed by atoms with Gasteiger partial charge in [-0.25, -0.2) is 0 Å². The van der Waals surface area contributed by atoms with Crippen LogP contribution in [0.15, 0.2) is 42.7 Å². The lowest BCUT2D eigenvalue weighted by Gasteiger charge is -2.05. The van der Waals surface area contributed by atoms with Crippen LogP contribution >= 0.6 is 0 Å². The summed E-state index contributed by atoms with van der Waals surface area (Å²) in [5.74, 6) is 0.0555. The van der Waals surface area contributed by atoms with Crippen molar-refractivity contribution in [3.05, 3.63) is 65.0 Å². The van der Waals surface area contributed by atoms with Gasteiger partial charge in [0.05, 0.1) is 0 Å². The zero-order valence-corrected chi connectivity index (χ0v) is 9.40. The van der Waals surface area contributed by atoms with E-state index < -0.39 is 0 Å². The number of carbonyl (C=O) groups excluding carboxylic acids is 1. The predicted octanol–water partition coefficient (Wildman–Crippen LogP) is 2.93. The molecule has 0 fully saturated rings. The highest BCUT2D eigenvalue weighted by Gasteiger charge is 2.10. The van der Waals surface area contributed by atoms with Crippen LogP contribution < -0.4 is 0 Å². The first-order chi connectivity index (χ1) is 7.68. The second-order valence-corrected chi connectivity index (χ2v) is 3.88. The van der Waals surface area contributed by atoms with Crippen molar-refractivity contribution in [2.75, 3.05) is 0 Å². The smallest absolute Gasteiger partial charge is 0.193 e. The normalized spacial score (nSPS) is 10.1. The van der Waals surface area contributed by atoms with E-state index in [4.69, 9.17) is 0 Å². The van der Waals surface area contributed by atoms with Crippen molar-refractivity contribution in [1.29, 1.82) is 0 Å². The number of ketones is 1. The van der Waals surface area contributed by atoms with Crippen LogP contribution in [-0.4, -0.2) is 10.8 Å². The summed E-state index contributed by atoms with van der Waals surface area (Å²) in [4.78, 5) is 16.1. The highest BCUT2D eigenvalue weighted by atomic mass is 16.1. The monoisotopic (exact) mass is 211 g/mol. The molecule has 2 heteroatoms. The number of aryl methyl sites for hydroxylation is 2. The lowest BCUT2D eigenvalue weighted by atomic mass is 9.98. The van der Waals surface area contributed by atoms with Crippen molar-refractivity contribution in [2.45, 2.75) is 13.8 Å². The Morgan fingerprint density at radius 3 is 2.38 bits per heavy atom. The molecule has 1 heterocycles. The molecular weight excluding hydrogens is 198 g/mol. The van der Waals surface area contributed by atoms with Gasteiger partial charge in [0.25, 0.3) is 0 Å². The molecule has 80 valence electrons. The van der Waals surface area contributed by atoms with Crippen LogP contribution in [0.2, 0.25) is 0 Å². The molecule has 0 aliphatic rings. The first-order valence-electron chi connectivity index (χ1n) is 5.20. The van der Waals surface area contributed by atoms with E-state index in [-0.39, 0.29) is 5.78 Å². The lowest BCUT2D eigenvalue weighted by Crippen LogP contribution is -2.03. The summed E-state index contributed by atoms with van der Waals surface area (Å²) < 4.78 is 0. The van der Waals surface area contributed by atoms with Crippen molar-refractivity contribution >= 4 is 5.78 Å². The average Bonchev–Trinajstić information content (AvgIpc) is 2.29. The topological polar surface area (TPSA) is 30.0 Å². The largest absolute Gasteiger partial charge is 0.289 e. The van der Waals surface area contributed by atoms with Crippen LogP contribution in [0.4, 0.5) is 0 Å². The van der Waals surface area contributed by atoms with E-state index in [0.717, 1.165) is 11.1 Å². The molecule has 16 heavy (non-hydrogen) atoms. The Bertz CT molecular complexity index is 518.